The van der Waals surface area contributed by atoms with Crippen LogP contribution in [-0.4, -0.2) is 10.7 Å². The number of thiol groups is 1. The van der Waals surface area contributed by atoms with E-state index in [4.69, 9.17) is 5.73 Å². The summed E-state index contributed by atoms with van der Waals surface area (Å²) in [5, 5.41) is 10.5. The third-order valence-corrected chi connectivity index (χ3v) is 1.96. The number of hydrogen-bond donors (Lipinski definition) is 2. The van der Waals surface area contributed by atoms with Gasteiger partial charge in [0.15, 0.2) is 0 Å². The summed E-state index contributed by atoms with van der Waals surface area (Å²) < 4.78 is 13.2. The van der Waals surface area contributed by atoms with Gasteiger partial charge in [0.2, 0.25) is 0 Å². The van der Waals surface area contributed by atoms with Crippen molar-refractivity contribution in [3.8, 4) is 0 Å². The molecular weight excluding hydrogens is 219 g/mol. The van der Waals surface area contributed by atoms with Gasteiger partial charge in [-0.3, -0.25) is 10.1 Å². The smallest absolute Gasteiger partial charge is 0.292 e. The molecule has 4 nitrogen and oxygen atoms in total. The Labute approximate surface area is 91.2 Å². The summed E-state index contributed by atoms with van der Waals surface area (Å²) in [7, 11) is 0. The number of nitro groups is 1. The van der Waals surface area contributed by atoms with E-state index in [1.54, 1.807) is 6.08 Å². The van der Waals surface area contributed by atoms with E-state index in [1.807, 2.05) is 0 Å². The van der Waals surface area contributed by atoms with Gasteiger partial charge in [0, 0.05) is 23.4 Å². The highest BCUT2D eigenvalue weighted by atomic mass is 32.1. The highest BCUT2D eigenvalue weighted by Crippen LogP contribution is 2.25. The van der Waals surface area contributed by atoms with Crippen LogP contribution in [0.4, 0.5) is 15.8 Å². The fourth-order valence-electron chi connectivity index (χ4n) is 1.06. The number of nitro benzene ring substituents is 1. The third-order valence-electron chi connectivity index (χ3n) is 1.75. The molecule has 1 rings (SSSR count). The van der Waals surface area contributed by atoms with Crippen LogP contribution in [0.2, 0.25) is 0 Å². The molecule has 0 unspecified atom stereocenters. The van der Waals surface area contributed by atoms with Crippen molar-refractivity contribution < 1.29 is 9.31 Å². The summed E-state index contributed by atoms with van der Waals surface area (Å²) in [5.41, 5.74) is 4.95. The monoisotopic (exact) mass is 228 g/mol. The molecular formula is C9H9FN2O2S. The van der Waals surface area contributed by atoms with Crippen molar-refractivity contribution in [1.29, 1.82) is 0 Å². The standard InChI is InChI=1S/C9H9FN2O2S/c10-7-5-8(11)9(12(13)14)4-6(7)2-1-3-15/h1-2,4-5,15H,3,11H2. The lowest BCUT2D eigenvalue weighted by Crippen LogP contribution is -1.98. The molecule has 0 radical (unpaired) electrons. The molecule has 0 aliphatic carbocycles. The van der Waals surface area contributed by atoms with Crippen LogP contribution in [-0.2, 0) is 0 Å². The number of nitrogens with zero attached hydrogens (tertiary/aromatic N) is 1. The van der Waals surface area contributed by atoms with E-state index < -0.39 is 10.7 Å². The molecule has 6 heteroatoms. The van der Waals surface area contributed by atoms with Gasteiger partial charge in [-0.25, -0.2) is 4.39 Å². The van der Waals surface area contributed by atoms with E-state index in [1.165, 1.54) is 6.08 Å². The Bertz CT molecular complexity index is 421. The largest absolute Gasteiger partial charge is 0.393 e. The van der Waals surface area contributed by atoms with Crippen LogP contribution in [0.15, 0.2) is 18.2 Å². The van der Waals surface area contributed by atoms with Crippen LogP contribution < -0.4 is 5.73 Å². The zero-order valence-electron chi connectivity index (χ0n) is 7.68. The van der Waals surface area contributed by atoms with Crippen LogP contribution in [0.3, 0.4) is 0 Å². The summed E-state index contributed by atoms with van der Waals surface area (Å²) >= 11 is 3.90. The van der Waals surface area contributed by atoms with Crippen LogP contribution in [0.25, 0.3) is 6.08 Å². The number of benzene rings is 1. The van der Waals surface area contributed by atoms with Gasteiger partial charge < -0.3 is 5.73 Å². The van der Waals surface area contributed by atoms with Gasteiger partial charge in [-0.1, -0.05) is 12.2 Å². The fraction of sp³-hybridized carbons (Fsp3) is 0.111. The Balaban J connectivity index is 3.23. The van der Waals surface area contributed by atoms with E-state index in [9.17, 15) is 14.5 Å². The van der Waals surface area contributed by atoms with Crippen molar-refractivity contribution in [3.63, 3.8) is 0 Å². The quantitative estimate of drug-likeness (QED) is 0.361. The Morgan fingerprint density at radius 3 is 2.80 bits per heavy atom. The van der Waals surface area contributed by atoms with Crippen molar-refractivity contribution in [1.82, 2.24) is 0 Å². The first-order chi connectivity index (χ1) is 7.06. The van der Waals surface area contributed by atoms with Crippen LogP contribution >= 0.6 is 12.6 Å². The van der Waals surface area contributed by atoms with E-state index >= 15 is 0 Å². The first-order valence-electron chi connectivity index (χ1n) is 4.07. The maximum Gasteiger partial charge on any atom is 0.292 e. The van der Waals surface area contributed by atoms with Gasteiger partial charge in [0.1, 0.15) is 11.5 Å². The zero-order chi connectivity index (χ0) is 11.4. The minimum absolute atomic E-state index is 0.130. The molecule has 1 aromatic rings. The second kappa shape index (κ2) is 4.79. The minimum atomic E-state index is -0.646. The Kier molecular flexibility index (Phi) is 3.68. The van der Waals surface area contributed by atoms with E-state index in [-0.39, 0.29) is 16.9 Å². The molecule has 0 heterocycles. The van der Waals surface area contributed by atoms with E-state index in [2.05, 4.69) is 12.6 Å². The van der Waals surface area contributed by atoms with Gasteiger partial charge in [0.05, 0.1) is 4.92 Å². The summed E-state index contributed by atoms with van der Waals surface area (Å²) in [4.78, 5) is 9.88. The van der Waals surface area contributed by atoms with Crippen molar-refractivity contribution in [2.45, 2.75) is 0 Å². The summed E-state index contributed by atoms with van der Waals surface area (Å²) in [6, 6.07) is 2.04. The van der Waals surface area contributed by atoms with E-state index in [0.29, 0.717) is 5.75 Å². The molecule has 0 aromatic heterocycles. The number of nitrogen functional groups attached to an aromatic ring is 1. The maximum atomic E-state index is 13.2. The third kappa shape index (κ3) is 2.69. The number of anilines is 1. The predicted molar refractivity (Wildman–Crippen MR) is 60.4 cm³/mol. The lowest BCUT2D eigenvalue weighted by atomic mass is 10.1. The van der Waals surface area contributed by atoms with Crippen LogP contribution in [0.1, 0.15) is 5.56 Å². The molecule has 0 aliphatic rings. The summed E-state index contributed by atoms with van der Waals surface area (Å²) in [5.74, 6) is -0.159. The first-order valence-corrected chi connectivity index (χ1v) is 4.70. The summed E-state index contributed by atoms with van der Waals surface area (Å²) in [6.45, 7) is 0. The second-order valence-corrected chi connectivity index (χ2v) is 3.14. The molecule has 0 aliphatic heterocycles. The van der Waals surface area contributed by atoms with Crippen molar-refractivity contribution >= 4 is 30.1 Å². The average Bonchev–Trinajstić information content (AvgIpc) is 2.16. The van der Waals surface area contributed by atoms with Gasteiger partial charge in [0.25, 0.3) is 5.69 Å². The molecule has 0 fully saturated rings. The topological polar surface area (TPSA) is 69.2 Å². The normalized spacial score (nSPS) is 10.8. The predicted octanol–water partition coefficient (Wildman–Crippen LogP) is 2.26. The SMILES string of the molecule is Nc1cc(F)c(C=CCS)cc1[N+](=O)[O-]. The Morgan fingerprint density at radius 2 is 2.27 bits per heavy atom. The molecule has 0 bridgehead atoms. The van der Waals surface area contributed by atoms with Gasteiger partial charge >= 0.3 is 0 Å². The number of hydrogen-bond acceptors (Lipinski definition) is 4. The number of nitrogens with two attached hydrogens (primary N) is 1. The number of halogens is 1. The molecule has 2 N–H and O–H groups in total. The first kappa shape index (κ1) is 11.5. The molecule has 80 valence electrons. The molecule has 0 atom stereocenters. The van der Waals surface area contributed by atoms with Crippen LogP contribution in [0, 0.1) is 15.9 Å². The highest BCUT2D eigenvalue weighted by Gasteiger charge is 2.14. The molecule has 0 saturated heterocycles. The van der Waals surface area contributed by atoms with Gasteiger partial charge in [-0.2, -0.15) is 12.6 Å². The second-order valence-electron chi connectivity index (χ2n) is 2.77. The van der Waals surface area contributed by atoms with Crippen molar-refractivity contribution in [3.05, 3.63) is 39.7 Å². The van der Waals surface area contributed by atoms with Gasteiger partial charge in [-0.05, 0) is 0 Å². The Hall–Kier alpha value is -1.56. The maximum absolute atomic E-state index is 13.2. The van der Waals surface area contributed by atoms with Crippen LogP contribution in [0.5, 0.6) is 0 Å². The zero-order valence-corrected chi connectivity index (χ0v) is 8.58. The lowest BCUT2D eigenvalue weighted by molar-refractivity contribution is -0.383. The minimum Gasteiger partial charge on any atom is -0.393 e. The Morgan fingerprint density at radius 1 is 1.60 bits per heavy atom. The summed E-state index contributed by atoms with van der Waals surface area (Å²) in [6.07, 6.45) is 3.01. The number of rotatable bonds is 3. The van der Waals surface area contributed by atoms with Crippen molar-refractivity contribution in [2.24, 2.45) is 0 Å². The average molecular weight is 228 g/mol. The highest BCUT2D eigenvalue weighted by molar-refractivity contribution is 7.80. The molecule has 1 aromatic carbocycles. The molecule has 0 spiro atoms. The molecule has 0 amide bonds. The van der Waals surface area contributed by atoms with E-state index in [0.717, 1.165) is 12.1 Å². The lowest BCUT2D eigenvalue weighted by Gasteiger charge is -2.00. The molecule has 0 saturated carbocycles. The van der Waals surface area contributed by atoms with Crippen molar-refractivity contribution in [2.75, 3.05) is 11.5 Å². The van der Waals surface area contributed by atoms with Gasteiger partial charge in [-0.15, -0.1) is 0 Å². The fourth-order valence-corrected chi connectivity index (χ4v) is 1.16. The molecule has 15 heavy (non-hydrogen) atoms.